The highest BCUT2D eigenvalue weighted by Gasteiger charge is 2.13. The number of thioether (sulfide) groups is 1. The van der Waals surface area contributed by atoms with E-state index in [0.29, 0.717) is 0 Å². The number of nitrogens with one attached hydrogen (secondary N) is 1. The minimum atomic E-state index is -0.591. The fourth-order valence-electron chi connectivity index (χ4n) is 1.15. The molecule has 1 atom stereocenters. The van der Waals surface area contributed by atoms with Crippen molar-refractivity contribution in [1.29, 1.82) is 0 Å². The largest absolute Gasteiger partial charge is 0.349 e. The standard InChI is InChI=1S/C10H13FN2OS/c1-7(6-15-2)13-10(14)8-3-4-12-5-9(8)11/h3-5,7H,6H2,1-2H3,(H,13,14). The van der Waals surface area contributed by atoms with Gasteiger partial charge in [0.05, 0.1) is 11.8 Å². The summed E-state index contributed by atoms with van der Waals surface area (Å²) < 4.78 is 13.1. The molecular formula is C10H13FN2OS. The van der Waals surface area contributed by atoms with Crippen LogP contribution in [-0.2, 0) is 0 Å². The molecule has 1 aromatic rings. The number of hydrogen-bond acceptors (Lipinski definition) is 3. The van der Waals surface area contributed by atoms with Crippen molar-refractivity contribution in [2.24, 2.45) is 0 Å². The molecule has 5 heteroatoms. The topological polar surface area (TPSA) is 42.0 Å². The number of carbonyl (C=O) groups excluding carboxylic acids is 1. The van der Waals surface area contributed by atoms with E-state index in [-0.39, 0.29) is 11.6 Å². The molecule has 0 bridgehead atoms. The van der Waals surface area contributed by atoms with Crippen LogP contribution in [0, 0.1) is 5.82 Å². The van der Waals surface area contributed by atoms with E-state index in [2.05, 4.69) is 10.3 Å². The molecule has 1 amide bonds. The second-order valence-electron chi connectivity index (χ2n) is 3.19. The van der Waals surface area contributed by atoms with Gasteiger partial charge in [-0.15, -0.1) is 0 Å². The molecule has 0 fully saturated rings. The summed E-state index contributed by atoms with van der Waals surface area (Å²) in [5.74, 6) is -0.180. The Bertz CT molecular complexity index is 346. The van der Waals surface area contributed by atoms with E-state index in [1.165, 1.54) is 12.3 Å². The monoisotopic (exact) mass is 228 g/mol. The normalized spacial score (nSPS) is 12.2. The molecule has 82 valence electrons. The first kappa shape index (κ1) is 12.0. The van der Waals surface area contributed by atoms with Crippen molar-refractivity contribution in [3.8, 4) is 0 Å². The van der Waals surface area contributed by atoms with Crippen LogP contribution < -0.4 is 5.32 Å². The van der Waals surface area contributed by atoms with E-state index < -0.39 is 11.7 Å². The molecule has 1 N–H and O–H groups in total. The highest BCUT2D eigenvalue weighted by molar-refractivity contribution is 7.98. The second kappa shape index (κ2) is 5.70. The van der Waals surface area contributed by atoms with Gasteiger partial charge in [0.25, 0.3) is 5.91 Å². The van der Waals surface area contributed by atoms with Crippen LogP contribution in [-0.4, -0.2) is 28.9 Å². The van der Waals surface area contributed by atoms with Crippen LogP contribution >= 0.6 is 11.8 Å². The first-order valence-corrected chi connectivity index (χ1v) is 5.94. The maximum atomic E-state index is 13.1. The first-order valence-electron chi connectivity index (χ1n) is 4.54. The summed E-state index contributed by atoms with van der Waals surface area (Å²) in [7, 11) is 0. The maximum Gasteiger partial charge on any atom is 0.254 e. The van der Waals surface area contributed by atoms with E-state index in [9.17, 15) is 9.18 Å². The Hall–Kier alpha value is -1.10. The Kier molecular flexibility index (Phi) is 4.55. The van der Waals surface area contributed by atoms with Crippen molar-refractivity contribution in [2.75, 3.05) is 12.0 Å². The zero-order valence-electron chi connectivity index (χ0n) is 8.66. The van der Waals surface area contributed by atoms with Gasteiger partial charge in [0, 0.05) is 18.0 Å². The molecular weight excluding hydrogens is 215 g/mol. The first-order chi connectivity index (χ1) is 7.15. The molecule has 15 heavy (non-hydrogen) atoms. The fraction of sp³-hybridized carbons (Fsp3) is 0.400. The third-order valence-corrected chi connectivity index (χ3v) is 2.64. The summed E-state index contributed by atoms with van der Waals surface area (Å²) in [4.78, 5) is 15.1. The lowest BCUT2D eigenvalue weighted by Gasteiger charge is -2.12. The molecule has 1 rings (SSSR count). The lowest BCUT2D eigenvalue weighted by atomic mass is 10.2. The molecule has 1 heterocycles. The van der Waals surface area contributed by atoms with Gasteiger partial charge in [0.15, 0.2) is 5.82 Å². The van der Waals surface area contributed by atoms with Crippen LogP contribution in [0.2, 0.25) is 0 Å². The van der Waals surface area contributed by atoms with Crippen molar-refractivity contribution >= 4 is 17.7 Å². The number of aromatic nitrogens is 1. The Labute approximate surface area is 92.5 Å². The zero-order chi connectivity index (χ0) is 11.3. The van der Waals surface area contributed by atoms with Gasteiger partial charge in [-0.2, -0.15) is 11.8 Å². The van der Waals surface area contributed by atoms with Crippen LogP contribution in [0.5, 0.6) is 0 Å². The van der Waals surface area contributed by atoms with Crippen molar-refractivity contribution in [3.63, 3.8) is 0 Å². The Morgan fingerprint density at radius 2 is 2.47 bits per heavy atom. The lowest BCUT2D eigenvalue weighted by molar-refractivity contribution is 0.0939. The minimum absolute atomic E-state index is 0.0278. The summed E-state index contributed by atoms with van der Waals surface area (Å²) in [5, 5.41) is 2.71. The van der Waals surface area contributed by atoms with Crippen molar-refractivity contribution in [3.05, 3.63) is 29.8 Å². The van der Waals surface area contributed by atoms with Gasteiger partial charge in [-0.05, 0) is 19.2 Å². The number of pyridine rings is 1. The highest BCUT2D eigenvalue weighted by atomic mass is 32.2. The zero-order valence-corrected chi connectivity index (χ0v) is 9.47. The van der Waals surface area contributed by atoms with Crippen LogP contribution in [0.3, 0.4) is 0 Å². The maximum absolute atomic E-state index is 13.1. The van der Waals surface area contributed by atoms with Gasteiger partial charge in [-0.1, -0.05) is 0 Å². The second-order valence-corrected chi connectivity index (χ2v) is 4.10. The third kappa shape index (κ3) is 3.51. The summed E-state index contributed by atoms with van der Waals surface area (Å²) >= 11 is 1.63. The van der Waals surface area contributed by atoms with Crippen molar-refractivity contribution < 1.29 is 9.18 Å². The molecule has 0 aliphatic heterocycles. The average molecular weight is 228 g/mol. The number of carbonyl (C=O) groups is 1. The molecule has 0 saturated heterocycles. The van der Waals surface area contributed by atoms with E-state index in [1.54, 1.807) is 11.8 Å². The van der Waals surface area contributed by atoms with Gasteiger partial charge in [-0.25, -0.2) is 4.39 Å². The third-order valence-electron chi connectivity index (χ3n) is 1.81. The van der Waals surface area contributed by atoms with Crippen LogP contribution in [0.15, 0.2) is 18.5 Å². The van der Waals surface area contributed by atoms with Crippen LogP contribution in [0.25, 0.3) is 0 Å². The minimum Gasteiger partial charge on any atom is -0.349 e. The number of amides is 1. The van der Waals surface area contributed by atoms with Crippen LogP contribution in [0.1, 0.15) is 17.3 Å². The smallest absolute Gasteiger partial charge is 0.254 e. The van der Waals surface area contributed by atoms with Crippen LogP contribution in [0.4, 0.5) is 4.39 Å². The molecule has 0 aromatic carbocycles. The van der Waals surface area contributed by atoms with Gasteiger partial charge in [0.1, 0.15) is 0 Å². The average Bonchev–Trinajstić information content (AvgIpc) is 2.18. The lowest BCUT2D eigenvalue weighted by Crippen LogP contribution is -2.34. The highest BCUT2D eigenvalue weighted by Crippen LogP contribution is 2.05. The van der Waals surface area contributed by atoms with Crippen molar-refractivity contribution in [1.82, 2.24) is 10.3 Å². The molecule has 1 unspecified atom stereocenters. The van der Waals surface area contributed by atoms with Gasteiger partial charge < -0.3 is 5.32 Å². The Morgan fingerprint density at radius 3 is 3.07 bits per heavy atom. The van der Waals surface area contributed by atoms with Gasteiger partial charge in [0.2, 0.25) is 0 Å². The molecule has 0 saturated carbocycles. The summed E-state index contributed by atoms with van der Waals surface area (Å²) in [6.45, 7) is 1.88. The summed E-state index contributed by atoms with van der Waals surface area (Å²) in [6, 6.07) is 1.40. The Balaban J connectivity index is 2.65. The number of hydrogen-bond donors (Lipinski definition) is 1. The molecule has 0 aliphatic rings. The van der Waals surface area contributed by atoms with Crippen molar-refractivity contribution in [2.45, 2.75) is 13.0 Å². The molecule has 1 aromatic heterocycles. The summed E-state index contributed by atoms with van der Waals surface area (Å²) in [6.07, 6.45) is 4.39. The van der Waals surface area contributed by atoms with E-state index in [4.69, 9.17) is 0 Å². The molecule has 0 radical (unpaired) electrons. The molecule has 0 spiro atoms. The predicted molar refractivity (Wildman–Crippen MR) is 59.5 cm³/mol. The van der Waals surface area contributed by atoms with E-state index >= 15 is 0 Å². The number of rotatable bonds is 4. The molecule has 3 nitrogen and oxygen atoms in total. The quantitative estimate of drug-likeness (QED) is 0.853. The molecule has 0 aliphatic carbocycles. The summed E-state index contributed by atoms with van der Waals surface area (Å²) in [5.41, 5.74) is 0.0398. The number of nitrogens with zero attached hydrogens (tertiary/aromatic N) is 1. The SMILES string of the molecule is CSCC(C)NC(=O)c1ccncc1F. The fourth-order valence-corrected chi connectivity index (χ4v) is 1.74. The predicted octanol–water partition coefficient (Wildman–Crippen LogP) is 1.70. The van der Waals surface area contributed by atoms with E-state index in [1.807, 2.05) is 13.2 Å². The number of halogens is 1. The Morgan fingerprint density at radius 1 is 1.73 bits per heavy atom. The van der Waals surface area contributed by atoms with Gasteiger partial charge >= 0.3 is 0 Å². The van der Waals surface area contributed by atoms with Gasteiger partial charge in [-0.3, -0.25) is 9.78 Å². The van der Waals surface area contributed by atoms with E-state index in [0.717, 1.165) is 11.9 Å².